The molecule has 4 rings (SSSR count). The summed E-state index contributed by atoms with van der Waals surface area (Å²) in [7, 11) is 1.61. The van der Waals surface area contributed by atoms with Crippen LogP contribution in [0.2, 0.25) is 5.02 Å². The fourth-order valence-corrected chi connectivity index (χ4v) is 4.59. The molecule has 0 N–H and O–H groups in total. The first-order valence-corrected chi connectivity index (χ1v) is 10.0. The van der Waals surface area contributed by atoms with Gasteiger partial charge in [-0.25, -0.2) is 4.98 Å². The van der Waals surface area contributed by atoms with Gasteiger partial charge in [0, 0.05) is 31.7 Å². The van der Waals surface area contributed by atoms with Gasteiger partial charge in [-0.05, 0) is 30.7 Å². The fourth-order valence-electron chi connectivity index (χ4n) is 3.35. The first-order chi connectivity index (χ1) is 13.1. The molecular weight excluding hydrogens is 382 g/mol. The monoisotopic (exact) mass is 401 g/mol. The van der Waals surface area contributed by atoms with Crippen LogP contribution in [0.1, 0.15) is 15.9 Å². The zero-order valence-electron chi connectivity index (χ0n) is 15.2. The van der Waals surface area contributed by atoms with Gasteiger partial charge in [0.15, 0.2) is 10.9 Å². The highest BCUT2D eigenvalue weighted by atomic mass is 35.5. The molecule has 0 atom stereocenters. The Morgan fingerprint density at radius 1 is 1.15 bits per heavy atom. The van der Waals surface area contributed by atoms with Crippen molar-refractivity contribution in [2.45, 2.75) is 6.92 Å². The van der Waals surface area contributed by atoms with Crippen molar-refractivity contribution >= 4 is 44.2 Å². The maximum Gasteiger partial charge on any atom is 0.254 e. The van der Waals surface area contributed by atoms with E-state index in [1.165, 1.54) is 0 Å². The van der Waals surface area contributed by atoms with E-state index in [0.29, 0.717) is 23.9 Å². The number of amides is 1. The average Bonchev–Trinajstić information content (AvgIpc) is 3.12. The molecule has 1 aliphatic heterocycles. The number of aromatic nitrogens is 1. The van der Waals surface area contributed by atoms with E-state index in [9.17, 15) is 4.79 Å². The number of carbonyl (C=O) groups is 1. The van der Waals surface area contributed by atoms with Crippen LogP contribution in [-0.4, -0.2) is 49.1 Å². The first kappa shape index (κ1) is 18.1. The summed E-state index contributed by atoms with van der Waals surface area (Å²) in [6.45, 7) is 4.85. The predicted molar refractivity (Wildman–Crippen MR) is 110 cm³/mol. The number of piperazine rings is 1. The number of aryl methyl sites for hydroxylation is 1. The number of thiazole rings is 1. The highest BCUT2D eigenvalue weighted by Crippen LogP contribution is 2.38. The Hall–Kier alpha value is -2.31. The lowest BCUT2D eigenvalue weighted by Crippen LogP contribution is -2.48. The summed E-state index contributed by atoms with van der Waals surface area (Å²) >= 11 is 7.83. The summed E-state index contributed by atoms with van der Waals surface area (Å²) in [6.07, 6.45) is 0. The van der Waals surface area contributed by atoms with E-state index in [1.807, 2.05) is 48.2 Å². The quantitative estimate of drug-likeness (QED) is 0.658. The molecule has 27 heavy (non-hydrogen) atoms. The molecule has 7 heteroatoms. The van der Waals surface area contributed by atoms with Crippen molar-refractivity contribution in [1.29, 1.82) is 0 Å². The zero-order valence-corrected chi connectivity index (χ0v) is 16.8. The van der Waals surface area contributed by atoms with E-state index >= 15 is 0 Å². The Bertz CT molecular complexity index is 996. The third kappa shape index (κ3) is 3.35. The van der Waals surface area contributed by atoms with E-state index < -0.39 is 0 Å². The van der Waals surface area contributed by atoms with Gasteiger partial charge < -0.3 is 14.5 Å². The van der Waals surface area contributed by atoms with Gasteiger partial charge in [-0.2, -0.15) is 0 Å². The minimum absolute atomic E-state index is 0.102. The molecule has 3 aromatic rings. The average molecular weight is 402 g/mol. The summed E-state index contributed by atoms with van der Waals surface area (Å²) < 4.78 is 6.45. The maximum atomic E-state index is 12.8. The van der Waals surface area contributed by atoms with Crippen LogP contribution in [0.15, 0.2) is 36.4 Å². The molecule has 0 spiro atoms. The maximum absolute atomic E-state index is 12.8. The van der Waals surface area contributed by atoms with Crippen molar-refractivity contribution in [2.75, 3.05) is 38.2 Å². The second-order valence-corrected chi connectivity index (χ2v) is 7.93. The van der Waals surface area contributed by atoms with Gasteiger partial charge >= 0.3 is 0 Å². The number of hydrogen-bond acceptors (Lipinski definition) is 5. The standard InChI is InChI=1S/C20H20ClN3O2S/c1-13-5-3-4-6-14(13)19(25)23-9-11-24(12-10-23)20-22-17-16(27-20)8-7-15(21)18(17)26-2/h3-8H,9-12H2,1-2H3. The van der Waals surface area contributed by atoms with E-state index in [0.717, 1.165) is 39.6 Å². The van der Waals surface area contributed by atoms with Crippen molar-refractivity contribution in [1.82, 2.24) is 9.88 Å². The summed E-state index contributed by atoms with van der Waals surface area (Å²) in [4.78, 5) is 21.7. The number of rotatable bonds is 3. The number of fused-ring (bicyclic) bond motifs is 1. The number of halogens is 1. The Balaban J connectivity index is 1.50. The molecule has 2 aromatic carbocycles. The van der Waals surface area contributed by atoms with Crippen LogP contribution in [0.4, 0.5) is 5.13 Å². The molecule has 1 saturated heterocycles. The molecule has 1 amide bonds. The number of carbonyl (C=O) groups excluding carboxylic acids is 1. The Morgan fingerprint density at radius 3 is 2.59 bits per heavy atom. The topological polar surface area (TPSA) is 45.7 Å². The van der Waals surface area contributed by atoms with Crippen molar-refractivity contribution in [2.24, 2.45) is 0 Å². The van der Waals surface area contributed by atoms with Crippen LogP contribution in [0, 0.1) is 6.92 Å². The van der Waals surface area contributed by atoms with E-state index in [1.54, 1.807) is 18.4 Å². The van der Waals surface area contributed by atoms with E-state index in [4.69, 9.17) is 21.3 Å². The Labute approximate surface area is 167 Å². The summed E-state index contributed by atoms with van der Waals surface area (Å²) in [6, 6.07) is 11.5. The lowest BCUT2D eigenvalue weighted by atomic mass is 10.1. The molecule has 2 heterocycles. The van der Waals surface area contributed by atoms with Gasteiger partial charge in [-0.1, -0.05) is 41.1 Å². The van der Waals surface area contributed by atoms with Crippen molar-refractivity contribution in [3.05, 3.63) is 52.5 Å². The van der Waals surface area contributed by atoms with Crippen LogP contribution >= 0.6 is 22.9 Å². The second kappa shape index (κ2) is 7.37. The summed E-state index contributed by atoms with van der Waals surface area (Å²) in [5.74, 6) is 0.718. The van der Waals surface area contributed by atoms with Crippen LogP contribution < -0.4 is 9.64 Å². The molecule has 140 valence electrons. The Kier molecular flexibility index (Phi) is 4.93. The highest BCUT2D eigenvalue weighted by Gasteiger charge is 2.25. The number of nitrogens with zero attached hydrogens (tertiary/aromatic N) is 3. The van der Waals surface area contributed by atoms with Gasteiger partial charge in [0.05, 0.1) is 16.8 Å². The number of methoxy groups -OCH3 is 1. The molecule has 1 aromatic heterocycles. The summed E-state index contributed by atoms with van der Waals surface area (Å²) in [5, 5.41) is 1.50. The van der Waals surface area contributed by atoms with Gasteiger partial charge in [-0.15, -0.1) is 0 Å². The Morgan fingerprint density at radius 2 is 1.89 bits per heavy atom. The molecule has 0 unspecified atom stereocenters. The number of benzene rings is 2. The molecule has 0 radical (unpaired) electrons. The molecule has 0 saturated carbocycles. The predicted octanol–water partition coefficient (Wildman–Crippen LogP) is 4.23. The minimum atomic E-state index is 0.102. The molecule has 1 aliphatic rings. The van der Waals surface area contributed by atoms with Crippen LogP contribution in [0.25, 0.3) is 10.2 Å². The minimum Gasteiger partial charge on any atom is -0.493 e. The molecular formula is C20H20ClN3O2S. The number of ether oxygens (including phenoxy) is 1. The first-order valence-electron chi connectivity index (χ1n) is 8.81. The van der Waals surface area contributed by atoms with Gasteiger partial charge in [-0.3, -0.25) is 4.79 Å². The lowest BCUT2D eigenvalue weighted by Gasteiger charge is -2.34. The SMILES string of the molecule is COc1c(Cl)ccc2sc(N3CCN(C(=O)c4ccccc4C)CC3)nc12. The second-order valence-electron chi connectivity index (χ2n) is 6.52. The number of anilines is 1. The molecule has 0 aliphatic carbocycles. The van der Waals surface area contributed by atoms with Gasteiger partial charge in [0.2, 0.25) is 0 Å². The lowest BCUT2D eigenvalue weighted by molar-refractivity contribution is 0.0746. The normalized spacial score (nSPS) is 14.6. The smallest absolute Gasteiger partial charge is 0.254 e. The molecule has 0 bridgehead atoms. The van der Waals surface area contributed by atoms with Crippen LogP contribution in [-0.2, 0) is 0 Å². The van der Waals surface area contributed by atoms with E-state index in [-0.39, 0.29) is 5.91 Å². The van der Waals surface area contributed by atoms with Crippen molar-refractivity contribution in [3.63, 3.8) is 0 Å². The van der Waals surface area contributed by atoms with E-state index in [2.05, 4.69) is 4.90 Å². The third-order valence-electron chi connectivity index (χ3n) is 4.87. The van der Waals surface area contributed by atoms with Crippen molar-refractivity contribution in [3.8, 4) is 5.75 Å². The highest BCUT2D eigenvalue weighted by molar-refractivity contribution is 7.22. The van der Waals surface area contributed by atoms with Gasteiger partial charge in [0.1, 0.15) is 5.52 Å². The van der Waals surface area contributed by atoms with Gasteiger partial charge in [0.25, 0.3) is 5.91 Å². The third-order valence-corrected chi connectivity index (χ3v) is 6.25. The van der Waals surface area contributed by atoms with Crippen molar-refractivity contribution < 1.29 is 9.53 Å². The number of hydrogen-bond donors (Lipinski definition) is 0. The van der Waals surface area contributed by atoms with Crippen LogP contribution in [0.3, 0.4) is 0 Å². The summed E-state index contributed by atoms with van der Waals surface area (Å²) in [5.41, 5.74) is 2.59. The van der Waals surface area contributed by atoms with Crippen LogP contribution in [0.5, 0.6) is 5.75 Å². The molecule has 5 nitrogen and oxygen atoms in total. The fraction of sp³-hybridized carbons (Fsp3) is 0.300. The zero-order chi connectivity index (χ0) is 19.0. The largest absolute Gasteiger partial charge is 0.493 e. The molecule has 1 fully saturated rings.